The van der Waals surface area contributed by atoms with Crippen LogP contribution in [0.3, 0.4) is 0 Å². The molecule has 0 aromatic heterocycles. The number of esters is 1. The van der Waals surface area contributed by atoms with E-state index >= 15 is 0 Å². The molecular formula is C18H24N2O4S. The number of anilines is 1. The fourth-order valence-corrected chi connectivity index (χ4v) is 3.50. The minimum Gasteiger partial charge on any atom is -0.466 e. The third kappa shape index (κ3) is 6.08. The van der Waals surface area contributed by atoms with Crippen LogP contribution >= 0.6 is 11.8 Å². The molecule has 1 aliphatic heterocycles. The van der Waals surface area contributed by atoms with Gasteiger partial charge in [0.25, 0.3) is 0 Å². The first-order valence-corrected chi connectivity index (χ1v) is 9.43. The maximum absolute atomic E-state index is 12.3. The van der Waals surface area contributed by atoms with Crippen molar-refractivity contribution in [3.8, 4) is 0 Å². The van der Waals surface area contributed by atoms with Crippen molar-refractivity contribution in [2.24, 2.45) is 5.92 Å². The second-order valence-corrected chi connectivity index (χ2v) is 6.95. The first-order chi connectivity index (χ1) is 12.0. The molecule has 2 amide bonds. The zero-order valence-electron chi connectivity index (χ0n) is 14.6. The number of ether oxygens (including phenoxy) is 1. The van der Waals surface area contributed by atoms with Crippen LogP contribution in [0, 0.1) is 5.92 Å². The number of carbonyl (C=O) groups excluding carboxylic acids is 3. The van der Waals surface area contributed by atoms with Crippen LogP contribution in [0.1, 0.15) is 26.7 Å². The lowest BCUT2D eigenvalue weighted by molar-refractivity contribution is -0.151. The molecule has 1 fully saturated rings. The fraction of sp³-hybridized carbons (Fsp3) is 0.500. The second-order valence-electron chi connectivity index (χ2n) is 5.90. The Morgan fingerprint density at radius 1 is 1.20 bits per heavy atom. The number of hydrogen-bond donors (Lipinski definition) is 1. The van der Waals surface area contributed by atoms with Crippen molar-refractivity contribution in [1.29, 1.82) is 0 Å². The SMILES string of the molecule is CCOC(=O)C1CCN(C(=O)CSc2ccc(NC(C)=O)cc2)CC1. The van der Waals surface area contributed by atoms with E-state index in [0.29, 0.717) is 38.3 Å². The van der Waals surface area contributed by atoms with E-state index in [2.05, 4.69) is 5.32 Å². The standard InChI is InChI=1S/C18H24N2O4S/c1-3-24-18(23)14-8-10-20(11-9-14)17(22)12-25-16-6-4-15(5-7-16)19-13(2)21/h4-7,14H,3,8-12H2,1-2H3,(H,19,21). The zero-order valence-corrected chi connectivity index (χ0v) is 15.4. The Balaban J connectivity index is 1.75. The van der Waals surface area contributed by atoms with Crippen LogP contribution in [0.2, 0.25) is 0 Å². The molecule has 0 atom stereocenters. The highest BCUT2D eigenvalue weighted by atomic mass is 32.2. The Hall–Kier alpha value is -2.02. The van der Waals surface area contributed by atoms with E-state index in [1.165, 1.54) is 18.7 Å². The number of thioether (sulfide) groups is 1. The van der Waals surface area contributed by atoms with E-state index < -0.39 is 0 Å². The average molecular weight is 364 g/mol. The van der Waals surface area contributed by atoms with Crippen LogP contribution in [0.5, 0.6) is 0 Å². The molecule has 2 rings (SSSR count). The summed E-state index contributed by atoms with van der Waals surface area (Å²) in [5.41, 5.74) is 0.740. The van der Waals surface area contributed by atoms with Gasteiger partial charge in [0, 0.05) is 30.6 Å². The monoisotopic (exact) mass is 364 g/mol. The third-order valence-corrected chi connectivity index (χ3v) is 5.00. The van der Waals surface area contributed by atoms with E-state index in [9.17, 15) is 14.4 Å². The number of nitrogens with one attached hydrogen (secondary N) is 1. The number of hydrogen-bond acceptors (Lipinski definition) is 5. The van der Waals surface area contributed by atoms with Gasteiger partial charge in [0.15, 0.2) is 0 Å². The topological polar surface area (TPSA) is 75.7 Å². The van der Waals surface area contributed by atoms with Gasteiger partial charge in [-0.3, -0.25) is 14.4 Å². The van der Waals surface area contributed by atoms with Gasteiger partial charge in [-0.2, -0.15) is 0 Å². The molecule has 25 heavy (non-hydrogen) atoms. The Morgan fingerprint density at radius 3 is 2.40 bits per heavy atom. The Labute approximate surface area is 152 Å². The molecule has 1 N–H and O–H groups in total. The summed E-state index contributed by atoms with van der Waals surface area (Å²) in [6, 6.07) is 7.41. The fourth-order valence-electron chi connectivity index (χ4n) is 2.70. The molecule has 0 aliphatic carbocycles. The van der Waals surface area contributed by atoms with Gasteiger partial charge in [-0.1, -0.05) is 0 Å². The van der Waals surface area contributed by atoms with E-state index in [0.717, 1.165) is 10.6 Å². The summed E-state index contributed by atoms with van der Waals surface area (Å²) in [6.45, 7) is 4.87. The summed E-state index contributed by atoms with van der Waals surface area (Å²) >= 11 is 1.47. The van der Waals surface area contributed by atoms with Crippen LogP contribution in [0.4, 0.5) is 5.69 Å². The Bertz CT molecular complexity index is 610. The molecule has 0 radical (unpaired) electrons. The lowest BCUT2D eigenvalue weighted by atomic mass is 9.97. The molecule has 7 heteroatoms. The highest BCUT2D eigenvalue weighted by Gasteiger charge is 2.27. The molecule has 1 saturated heterocycles. The highest BCUT2D eigenvalue weighted by Crippen LogP contribution is 2.23. The van der Waals surface area contributed by atoms with E-state index in [-0.39, 0.29) is 23.7 Å². The summed E-state index contributed by atoms with van der Waals surface area (Å²) in [6.07, 6.45) is 1.33. The maximum Gasteiger partial charge on any atom is 0.309 e. The summed E-state index contributed by atoms with van der Waals surface area (Å²) < 4.78 is 5.04. The first-order valence-electron chi connectivity index (χ1n) is 8.44. The van der Waals surface area contributed by atoms with Crippen molar-refractivity contribution in [1.82, 2.24) is 4.90 Å². The predicted molar refractivity (Wildman–Crippen MR) is 97.4 cm³/mol. The van der Waals surface area contributed by atoms with Crippen molar-refractivity contribution in [3.63, 3.8) is 0 Å². The lowest BCUT2D eigenvalue weighted by Gasteiger charge is -2.30. The van der Waals surface area contributed by atoms with Crippen LogP contribution < -0.4 is 5.32 Å². The molecule has 1 aliphatic rings. The van der Waals surface area contributed by atoms with Crippen LogP contribution in [0.25, 0.3) is 0 Å². The summed E-state index contributed by atoms with van der Waals surface area (Å²) in [4.78, 5) is 37.8. The Kier molecular flexibility index (Phi) is 7.31. The minimum absolute atomic E-state index is 0.0817. The molecule has 1 heterocycles. The van der Waals surface area contributed by atoms with Gasteiger partial charge >= 0.3 is 5.97 Å². The number of carbonyl (C=O) groups is 3. The highest BCUT2D eigenvalue weighted by molar-refractivity contribution is 8.00. The van der Waals surface area contributed by atoms with Gasteiger partial charge in [0.2, 0.25) is 11.8 Å². The number of rotatable bonds is 6. The van der Waals surface area contributed by atoms with Gasteiger partial charge in [-0.05, 0) is 44.0 Å². The molecule has 6 nitrogen and oxygen atoms in total. The molecule has 0 unspecified atom stereocenters. The molecule has 1 aromatic rings. The summed E-state index contributed by atoms with van der Waals surface area (Å²) in [5.74, 6) is 0.102. The van der Waals surface area contributed by atoms with Crippen molar-refractivity contribution >= 4 is 35.2 Å². The lowest BCUT2D eigenvalue weighted by Crippen LogP contribution is -2.41. The number of piperidine rings is 1. The third-order valence-electron chi connectivity index (χ3n) is 4.00. The van der Waals surface area contributed by atoms with Crippen LogP contribution in [0.15, 0.2) is 29.2 Å². The van der Waals surface area contributed by atoms with Crippen molar-refractivity contribution in [2.75, 3.05) is 30.8 Å². The predicted octanol–water partition coefficient (Wildman–Crippen LogP) is 2.54. The number of benzene rings is 1. The molecule has 0 spiro atoms. The number of amides is 2. The molecule has 1 aromatic carbocycles. The first kappa shape index (κ1) is 19.3. The zero-order chi connectivity index (χ0) is 18.2. The van der Waals surface area contributed by atoms with E-state index in [1.54, 1.807) is 6.92 Å². The quantitative estimate of drug-likeness (QED) is 0.620. The number of nitrogens with zero attached hydrogens (tertiary/aromatic N) is 1. The van der Waals surface area contributed by atoms with Gasteiger partial charge < -0.3 is 15.0 Å². The van der Waals surface area contributed by atoms with E-state index in [1.807, 2.05) is 29.2 Å². The van der Waals surface area contributed by atoms with Crippen molar-refractivity contribution in [2.45, 2.75) is 31.6 Å². The van der Waals surface area contributed by atoms with Crippen molar-refractivity contribution < 1.29 is 19.1 Å². The van der Waals surface area contributed by atoms with Gasteiger partial charge in [-0.15, -0.1) is 11.8 Å². The van der Waals surface area contributed by atoms with Gasteiger partial charge in [-0.25, -0.2) is 0 Å². The summed E-state index contributed by atoms with van der Waals surface area (Å²) in [5, 5.41) is 2.71. The normalized spacial score (nSPS) is 14.9. The minimum atomic E-state index is -0.150. The average Bonchev–Trinajstić information content (AvgIpc) is 2.61. The van der Waals surface area contributed by atoms with Crippen molar-refractivity contribution in [3.05, 3.63) is 24.3 Å². The molecule has 0 saturated carbocycles. The van der Waals surface area contributed by atoms with E-state index in [4.69, 9.17) is 4.74 Å². The molecular weight excluding hydrogens is 340 g/mol. The molecule has 0 bridgehead atoms. The molecule has 136 valence electrons. The maximum atomic E-state index is 12.3. The Morgan fingerprint density at radius 2 is 1.84 bits per heavy atom. The van der Waals surface area contributed by atoms with Gasteiger partial charge in [0.05, 0.1) is 18.3 Å². The summed E-state index contributed by atoms with van der Waals surface area (Å²) in [7, 11) is 0. The largest absolute Gasteiger partial charge is 0.466 e. The number of likely N-dealkylation sites (tertiary alicyclic amines) is 1. The second kappa shape index (κ2) is 9.46. The van der Waals surface area contributed by atoms with Gasteiger partial charge in [0.1, 0.15) is 0 Å². The van der Waals surface area contributed by atoms with Crippen LogP contribution in [-0.2, 0) is 19.1 Å². The van der Waals surface area contributed by atoms with Crippen LogP contribution in [-0.4, -0.2) is 48.1 Å². The smallest absolute Gasteiger partial charge is 0.309 e.